The molecule has 23 heavy (non-hydrogen) atoms. The second-order valence-electron chi connectivity index (χ2n) is 5.85. The zero-order chi connectivity index (χ0) is 16.0. The van der Waals surface area contributed by atoms with Gasteiger partial charge < -0.3 is 10.2 Å². The van der Waals surface area contributed by atoms with Crippen LogP contribution in [0.4, 0.5) is 11.4 Å². The molecule has 1 heterocycles. The Hall–Kier alpha value is -2.89. The van der Waals surface area contributed by atoms with Crippen LogP contribution in [0.5, 0.6) is 0 Å². The lowest BCUT2D eigenvalue weighted by Crippen LogP contribution is -2.44. The predicted octanol–water partition coefficient (Wildman–Crippen LogP) is 3.32. The third-order valence-electron chi connectivity index (χ3n) is 4.33. The van der Waals surface area contributed by atoms with Crippen LogP contribution < -0.4 is 5.32 Å². The van der Waals surface area contributed by atoms with E-state index in [4.69, 9.17) is 0 Å². The average Bonchev–Trinajstić information content (AvgIpc) is 3.39. The second kappa shape index (κ2) is 5.08. The first-order valence-corrected chi connectivity index (χ1v) is 7.58. The molecule has 0 radical (unpaired) electrons. The molecule has 4 rings (SSSR count). The van der Waals surface area contributed by atoms with Gasteiger partial charge in [0, 0.05) is 17.8 Å². The third-order valence-corrected chi connectivity index (χ3v) is 4.33. The van der Waals surface area contributed by atoms with Gasteiger partial charge in [-0.25, -0.2) is 0 Å². The highest BCUT2D eigenvalue weighted by molar-refractivity contribution is 6.02. The van der Waals surface area contributed by atoms with Crippen molar-refractivity contribution >= 4 is 17.3 Å². The fraction of sp³-hybridized carbons (Fsp3) is 0.235. The van der Waals surface area contributed by atoms with Gasteiger partial charge in [0.25, 0.3) is 11.6 Å². The molecule has 6 heteroatoms. The summed E-state index contributed by atoms with van der Waals surface area (Å²) in [6.45, 7) is 0. The summed E-state index contributed by atoms with van der Waals surface area (Å²) in [4.78, 5) is 25.6. The first-order chi connectivity index (χ1) is 11.2. The van der Waals surface area contributed by atoms with Gasteiger partial charge in [-0.15, -0.1) is 0 Å². The maximum atomic E-state index is 12.9. The molecule has 1 saturated carbocycles. The number of anilines is 1. The average molecular weight is 309 g/mol. The molecule has 1 unspecified atom stereocenters. The third kappa shape index (κ3) is 2.23. The number of carbonyl (C=O) groups excluding carboxylic acids is 1. The van der Waals surface area contributed by atoms with Crippen molar-refractivity contribution in [3.05, 3.63) is 69.8 Å². The smallest absolute Gasteiger partial charge is 0.276 e. The molecule has 0 bridgehead atoms. The molecule has 2 aromatic carbocycles. The van der Waals surface area contributed by atoms with Crippen LogP contribution >= 0.6 is 0 Å². The van der Waals surface area contributed by atoms with Crippen LogP contribution in [0.2, 0.25) is 0 Å². The van der Waals surface area contributed by atoms with Crippen molar-refractivity contribution in [1.29, 1.82) is 0 Å². The molecule has 6 nitrogen and oxygen atoms in total. The van der Waals surface area contributed by atoms with Crippen molar-refractivity contribution in [1.82, 2.24) is 4.90 Å². The summed E-state index contributed by atoms with van der Waals surface area (Å²) in [5.74, 6) is -0.0648. The van der Waals surface area contributed by atoms with Crippen molar-refractivity contribution < 1.29 is 9.72 Å². The minimum absolute atomic E-state index is 0.0304. The Morgan fingerprint density at radius 2 is 1.78 bits per heavy atom. The van der Waals surface area contributed by atoms with Gasteiger partial charge in [-0.3, -0.25) is 14.9 Å². The molecule has 1 atom stereocenters. The zero-order valence-corrected chi connectivity index (χ0v) is 12.3. The van der Waals surface area contributed by atoms with E-state index in [9.17, 15) is 14.9 Å². The number of rotatable bonds is 3. The Kier molecular flexibility index (Phi) is 3.04. The maximum Gasteiger partial charge on any atom is 0.276 e. The van der Waals surface area contributed by atoms with Crippen LogP contribution in [0.3, 0.4) is 0 Å². The minimum atomic E-state index is -0.508. The second-order valence-corrected chi connectivity index (χ2v) is 5.85. The molecule has 2 aromatic rings. The largest absolute Gasteiger partial charge is 0.361 e. The topological polar surface area (TPSA) is 75.5 Å². The molecule has 1 aliphatic heterocycles. The van der Waals surface area contributed by atoms with Gasteiger partial charge in [0.15, 0.2) is 0 Å². The monoisotopic (exact) mass is 309 g/mol. The summed E-state index contributed by atoms with van der Waals surface area (Å²) in [5, 5.41) is 14.7. The van der Waals surface area contributed by atoms with Crippen molar-refractivity contribution in [3.63, 3.8) is 0 Å². The Morgan fingerprint density at radius 1 is 1.09 bits per heavy atom. The summed E-state index contributed by atoms with van der Waals surface area (Å²) < 4.78 is 0. The lowest BCUT2D eigenvalue weighted by atomic mass is 10.0. The van der Waals surface area contributed by atoms with E-state index in [0.717, 1.165) is 18.5 Å². The van der Waals surface area contributed by atoms with Gasteiger partial charge in [-0.2, -0.15) is 0 Å². The molecule has 1 amide bonds. The normalized spacial score (nSPS) is 19.9. The highest BCUT2D eigenvalue weighted by atomic mass is 16.6. The maximum absolute atomic E-state index is 12.9. The number of hydrogen-bond acceptors (Lipinski definition) is 4. The Labute approximate surface area is 132 Å². The number of nitro benzene ring substituents is 1. The zero-order valence-electron chi connectivity index (χ0n) is 12.3. The lowest BCUT2D eigenvalue weighted by molar-refractivity contribution is -0.385. The molecule has 1 fully saturated rings. The minimum Gasteiger partial charge on any atom is -0.361 e. The van der Waals surface area contributed by atoms with Gasteiger partial charge in [0.2, 0.25) is 0 Å². The molecule has 1 N–H and O–H groups in total. The van der Waals surface area contributed by atoms with Crippen LogP contribution in [-0.2, 0) is 0 Å². The van der Waals surface area contributed by atoms with Crippen molar-refractivity contribution in [2.45, 2.75) is 25.0 Å². The number of nitro groups is 1. The molecular weight excluding hydrogens is 294 g/mol. The van der Waals surface area contributed by atoms with E-state index in [2.05, 4.69) is 5.32 Å². The molecular formula is C17H15N3O3. The van der Waals surface area contributed by atoms with E-state index in [1.54, 1.807) is 29.2 Å². The summed E-state index contributed by atoms with van der Waals surface area (Å²) >= 11 is 0. The van der Waals surface area contributed by atoms with Crippen LogP contribution in [0.25, 0.3) is 0 Å². The summed E-state index contributed by atoms with van der Waals surface area (Å²) in [6, 6.07) is 14.0. The fourth-order valence-corrected chi connectivity index (χ4v) is 3.11. The number of hydrogen-bond donors (Lipinski definition) is 1. The summed E-state index contributed by atoms with van der Waals surface area (Å²) in [5.41, 5.74) is 1.89. The molecule has 116 valence electrons. The van der Waals surface area contributed by atoms with Crippen LogP contribution in [0.15, 0.2) is 48.5 Å². The van der Waals surface area contributed by atoms with Crippen molar-refractivity contribution in [3.8, 4) is 0 Å². The standard InChI is InChI=1S/C17H15N3O3/c21-17-12-5-1-3-7-14(12)18-16(19(17)11-9-10-11)13-6-2-4-8-15(13)20(22)23/h1-8,11,16,18H,9-10H2. The number of nitrogens with one attached hydrogen (secondary N) is 1. The number of amides is 1. The van der Waals surface area contributed by atoms with Crippen molar-refractivity contribution in [2.75, 3.05) is 5.32 Å². The number of benzene rings is 2. The van der Waals surface area contributed by atoms with Gasteiger partial charge in [0.05, 0.1) is 16.1 Å². The number of fused-ring (bicyclic) bond motifs is 1. The predicted molar refractivity (Wildman–Crippen MR) is 85.1 cm³/mol. The molecule has 1 aliphatic carbocycles. The lowest BCUT2D eigenvalue weighted by Gasteiger charge is -2.38. The van der Waals surface area contributed by atoms with E-state index in [1.807, 2.05) is 18.2 Å². The fourth-order valence-electron chi connectivity index (χ4n) is 3.11. The van der Waals surface area contributed by atoms with Gasteiger partial charge in [-0.1, -0.05) is 24.3 Å². The van der Waals surface area contributed by atoms with E-state index in [1.165, 1.54) is 6.07 Å². The van der Waals surface area contributed by atoms with E-state index in [0.29, 0.717) is 11.1 Å². The first-order valence-electron chi connectivity index (χ1n) is 7.58. The molecule has 2 aliphatic rings. The Morgan fingerprint density at radius 3 is 2.52 bits per heavy atom. The Balaban J connectivity index is 1.84. The number of nitrogens with zero attached hydrogens (tertiary/aromatic N) is 2. The van der Waals surface area contributed by atoms with Crippen molar-refractivity contribution in [2.24, 2.45) is 0 Å². The number of para-hydroxylation sites is 2. The quantitative estimate of drug-likeness (QED) is 0.697. The van der Waals surface area contributed by atoms with E-state index in [-0.39, 0.29) is 17.6 Å². The molecule has 0 saturated heterocycles. The van der Waals surface area contributed by atoms with E-state index < -0.39 is 11.1 Å². The van der Waals surface area contributed by atoms with Gasteiger partial charge >= 0.3 is 0 Å². The SMILES string of the molecule is O=C1c2ccccc2NC(c2ccccc2[N+](=O)[O-])N1C1CC1. The van der Waals surface area contributed by atoms with Gasteiger partial charge in [0.1, 0.15) is 6.17 Å². The summed E-state index contributed by atoms with van der Waals surface area (Å²) in [6.07, 6.45) is 1.37. The van der Waals surface area contributed by atoms with Crippen LogP contribution in [-0.4, -0.2) is 21.8 Å². The highest BCUT2D eigenvalue weighted by Crippen LogP contribution is 2.42. The highest BCUT2D eigenvalue weighted by Gasteiger charge is 2.43. The van der Waals surface area contributed by atoms with Crippen LogP contribution in [0, 0.1) is 10.1 Å². The molecule has 0 aromatic heterocycles. The first kappa shape index (κ1) is 13.8. The number of carbonyl (C=O) groups is 1. The van der Waals surface area contributed by atoms with Gasteiger partial charge in [-0.05, 0) is 31.0 Å². The summed E-state index contributed by atoms with van der Waals surface area (Å²) in [7, 11) is 0. The van der Waals surface area contributed by atoms with Crippen LogP contribution in [0.1, 0.15) is 34.9 Å². The Bertz CT molecular complexity index is 801. The van der Waals surface area contributed by atoms with E-state index >= 15 is 0 Å². The molecule has 0 spiro atoms.